The van der Waals surface area contributed by atoms with Gasteiger partial charge >= 0.3 is 0 Å². The van der Waals surface area contributed by atoms with Crippen LogP contribution in [0.3, 0.4) is 0 Å². The van der Waals surface area contributed by atoms with Gasteiger partial charge in [-0.3, -0.25) is 0 Å². The monoisotopic (exact) mass is 386 g/mol. The first kappa shape index (κ1) is 19.1. The van der Waals surface area contributed by atoms with Crippen molar-refractivity contribution in [2.24, 2.45) is 11.8 Å². The van der Waals surface area contributed by atoms with E-state index in [0.717, 1.165) is 23.3 Å². The van der Waals surface area contributed by atoms with Crippen LogP contribution in [0.1, 0.15) is 16.7 Å². The molecular weight excluding hydrogens is 360 g/mol. The summed E-state index contributed by atoms with van der Waals surface area (Å²) in [6.07, 6.45) is 0.786. The molecule has 0 aromatic heterocycles. The minimum absolute atomic E-state index is 0.0154. The first-order valence-electron chi connectivity index (χ1n) is 9.51. The molecule has 4 rings (SSSR count). The van der Waals surface area contributed by atoms with Crippen molar-refractivity contribution < 1.29 is 28.8 Å². The summed E-state index contributed by atoms with van der Waals surface area (Å²) in [6.45, 7) is 1.42. The van der Waals surface area contributed by atoms with Crippen molar-refractivity contribution in [3.8, 4) is 17.2 Å². The molecule has 28 heavy (non-hydrogen) atoms. The zero-order valence-electron chi connectivity index (χ0n) is 16.2. The van der Waals surface area contributed by atoms with Crippen molar-refractivity contribution in [2.75, 3.05) is 27.6 Å². The predicted molar refractivity (Wildman–Crippen MR) is 103 cm³/mol. The van der Waals surface area contributed by atoms with Gasteiger partial charge in [0.1, 0.15) is 5.75 Å². The fourth-order valence-corrected chi connectivity index (χ4v) is 4.03. The Labute approximate surface area is 164 Å². The molecule has 1 unspecified atom stereocenters. The van der Waals surface area contributed by atoms with Crippen LogP contribution < -0.4 is 14.2 Å². The molecule has 3 atom stereocenters. The van der Waals surface area contributed by atoms with Gasteiger partial charge in [-0.15, -0.1) is 0 Å². The molecule has 6 nitrogen and oxygen atoms in total. The Hall–Kier alpha value is -2.28. The van der Waals surface area contributed by atoms with Crippen LogP contribution in [0.4, 0.5) is 0 Å². The van der Waals surface area contributed by atoms with Gasteiger partial charge in [0.15, 0.2) is 24.6 Å². The number of aliphatic hydroxyl groups excluding tert-OH is 1. The van der Waals surface area contributed by atoms with Gasteiger partial charge in [0.05, 0.1) is 27.4 Å². The van der Waals surface area contributed by atoms with Crippen LogP contribution in [0.15, 0.2) is 36.4 Å². The van der Waals surface area contributed by atoms with Crippen LogP contribution in [0, 0.1) is 11.8 Å². The lowest BCUT2D eigenvalue weighted by Gasteiger charge is -2.22. The molecule has 2 aliphatic heterocycles. The molecule has 1 fully saturated rings. The quantitative estimate of drug-likeness (QED) is 0.824. The molecule has 0 radical (unpaired) electrons. The Bertz CT molecular complexity index is 821. The zero-order valence-corrected chi connectivity index (χ0v) is 16.2. The van der Waals surface area contributed by atoms with Crippen LogP contribution in [-0.4, -0.2) is 39.0 Å². The van der Waals surface area contributed by atoms with Crippen LogP contribution in [0.2, 0.25) is 0 Å². The lowest BCUT2D eigenvalue weighted by atomic mass is 9.84. The lowest BCUT2D eigenvalue weighted by Crippen LogP contribution is -2.24. The maximum Gasteiger partial charge on any atom is 0.189 e. The largest absolute Gasteiger partial charge is 0.493 e. The molecule has 1 N–H and O–H groups in total. The summed E-state index contributed by atoms with van der Waals surface area (Å²) >= 11 is 0. The number of hydrogen-bond acceptors (Lipinski definition) is 6. The molecular formula is C22H26O6. The highest BCUT2D eigenvalue weighted by Crippen LogP contribution is 2.35. The van der Waals surface area contributed by atoms with E-state index in [2.05, 4.69) is 12.1 Å². The Morgan fingerprint density at radius 3 is 2.61 bits per heavy atom. The highest BCUT2D eigenvalue weighted by molar-refractivity contribution is 5.43. The molecule has 2 heterocycles. The number of ether oxygens (including phenoxy) is 5. The molecule has 0 amide bonds. The summed E-state index contributed by atoms with van der Waals surface area (Å²) in [4.78, 5) is 0. The molecule has 0 bridgehead atoms. The third-order valence-corrected chi connectivity index (χ3v) is 5.55. The lowest BCUT2D eigenvalue weighted by molar-refractivity contribution is -0.0820. The number of rotatable bonds is 6. The first-order chi connectivity index (χ1) is 13.7. The van der Waals surface area contributed by atoms with Crippen molar-refractivity contribution in [3.05, 3.63) is 53.1 Å². The Kier molecular flexibility index (Phi) is 5.71. The van der Waals surface area contributed by atoms with Crippen molar-refractivity contribution in [3.63, 3.8) is 0 Å². The number of benzene rings is 2. The third kappa shape index (κ3) is 3.94. The summed E-state index contributed by atoms with van der Waals surface area (Å²) in [5.41, 5.74) is 3.36. The Morgan fingerprint density at radius 2 is 1.79 bits per heavy atom. The minimum Gasteiger partial charge on any atom is -0.493 e. The number of hydrogen-bond donors (Lipinski definition) is 1. The zero-order chi connectivity index (χ0) is 19.5. The average molecular weight is 386 g/mol. The first-order valence-corrected chi connectivity index (χ1v) is 9.51. The van der Waals surface area contributed by atoms with Crippen molar-refractivity contribution >= 4 is 0 Å². The number of methoxy groups -OCH3 is 2. The fourth-order valence-electron chi connectivity index (χ4n) is 4.03. The van der Waals surface area contributed by atoms with Gasteiger partial charge < -0.3 is 28.8 Å². The average Bonchev–Trinajstić information content (AvgIpc) is 3.07. The van der Waals surface area contributed by atoms with Gasteiger partial charge in [-0.25, -0.2) is 0 Å². The fraction of sp³-hybridized carbons (Fsp3) is 0.455. The van der Waals surface area contributed by atoms with E-state index in [1.165, 1.54) is 5.56 Å². The molecule has 0 saturated carbocycles. The summed E-state index contributed by atoms with van der Waals surface area (Å²) in [5.74, 6) is 2.52. The Balaban J connectivity index is 1.49. The summed E-state index contributed by atoms with van der Waals surface area (Å²) < 4.78 is 27.2. The molecule has 1 saturated heterocycles. The highest BCUT2D eigenvalue weighted by Gasteiger charge is 2.36. The van der Waals surface area contributed by atoms with Crippen LogP contribution in [0.25, 0.3) is 0 Å². The van der Waals surface area contributed by atoms with Gasteiger partial charge in [-0.2, -0.15) is 0 Å². The van der Waals surface area contributed by atoms with E-state index in [9.17, 15) is 5.11 Å². The van der Waals surface area contributed by atoms with E-state index in [4.69, 9.17) is 23.7 Å². The van der Waals surface area contributed by atoms with Crippen LogP contribution >= 0.6 is 0 Å². The van der Waals surface area contributed by atoms with E-state index in [-0.39, 0.29) is 11.8 Å². The standard InChI is InChI=1S/C22H26O6/c1-24-20-6-4-15(10-21(20)25-2)9-18-16(12-27-22(18)23)7-14-3-5-19-17(8-14)11-26-13-28-19/h3-6,8,10,16,18,22-23H,7,9,11-13H2,1-2H3/t16-,18+,22?/m0/s1. The van der Waals surface area contributed by atoms with Gasteiger partial charge in [0.25, 0.3) is 0 Å². The number of fused-ring (bicyclic) bond motifs is 1. The van der Waals surface area contributed by atoms with Crippen LogP contribution in [-0.2, 0) is 28.9 Å². The van der Waals surface area contributed by atoms with E-state index in [0.29, 0.717) is 37.9 Å². The van der Waals surface area contributed by atoms with Crippen molar-refractivity contribution in [1.29, 1.82) is 0 Å². The van der Waals surface area contributed by atoms with E-state index in [1.807, 2.05) is 24.3 Å². The van der Waals surface area contributed by atoms with Gasteiger partial charge in [0.2, 0.25) is 0 Å². The second-order valence-electron chi connectivity index (χ2n) is 7.30. The molecule has 2 aromatic rings. The normalized spacial score (nSPS) is 23.8. The smallest absolute Gasteiger partial charge is 0.189 e. The van der Waals surface area contributed by atoms with Gasteiger partial charge in [-0.1, -0.05) is 12.1 Å². The van der Waals surface area contributed by atoms with Crippen molar-refractivity contribution in [2.45, 2.75) is 25.7 Å². The maximum atomic E-state index is 10.4. The highest BCUT2D eigenvalue weighted by atomic mass is 16.7. The molecule has 6 heteroatoms. The molecule has 2 aliphatic rings. The predicted octanol–water partition coefficient (Wildman–Crippen LogP) is 2.94. The summed E-state index contributed by atoms with van der Waals surface area (Å²) in [6, 6.07) is 12.1. The third-order valence-electron chi connectivity index (χ3n) is 5.55. The molecule has 0 aliphatic carbocycles. The maximum absolute atomic E-state index is 10.4. The van der Waals surface area contributed by atoms with E-state index in [1.54, 1.807) is 14.2 Å². The van der Waals surface area contributed by atoms with Crippen LogP contribution in [0.5, 0.6) is 17.2 Å². The summed E-state index contributed by atoms with van der Waals surface area (Å²) in [7, 11) is 3.25. The van der Waals surface area contributed by atoms with E-state index < -0.39 is 6.29 Å². The van der Waals surface area contributed by atoms with Crippen molar-refractivity contribution in [1.82, 2.24) is 0 Å². The summed E-state index contributed by atoms with van der Waals surface area (Å²) in [5, 5.41) is 10.4. The minimum atomic E-state index is -0.762. The van der Waals surface area contributed by atoms with Gasteiger partial charge in [0, 0.05) is 11.5 Å². The topological polar surface area (TPSA) is 66.4 Å². The second kappa shape index (κ2) is 8.39. The SMILES string of the molecule is COc1ccc(C[C@H]2C(O)OC[C@@H]2Cc2ccc3c(c2)COCO3)cc1OC. The molecule has 150 valence electrons. The second-order valence-corrected chi connectivity index (χ2v) is 7.30. The molecule has 0 spiro atoms. The number of aliphatic hydroxyl groups is 1. The Morgan fingerprint density at radius 1 is 1.00 bits per heavy atom. The van der Waals surface area contributed by atoms with Gasteiger partial charge in [-0.05, 0) is 54.2 Å². The van der Waals surface area contributed by atoms with E-state index >= 15 is 0 Å². The molecule has 2 aromatic carbocycles.